The molecule has 0 spiro atoms. The number of aryl methyl sites for hydroxylation is 1. The molecule has 96 valence electrons. The van der Waals surface area contributed by atoms with Crippen molar-refractivity contribution < 1.29 is 0 Å². The molecule has 1 heterocycles. The van der Waals surface area contributed by atoms with E-state index in [0.29, 0.717) is 20.6 Å². The van der Waals surface area contributed by atoms with Gasteiger partial charge >= 0.3 is 0 Å². The molecule has 0 radical (unpaired) electrons. The smallest absolute Gasteiger partial charge is 0.0928 e. The number of halogens is 3. The van der Waals surface area contributed by atoms with Gasteiger partial charge in [-0.15, -0.1) is 0 Å². The SMILES string of the molecule is CCCc1cc(NC)c2c(Cl)c(Cl)cc(Cl)c2n1. The number of pyridine rings is 1. The Morgan fingerprint density at radius 2 is 1.89 bits per heavy atom. The lowest BCUT2D eigenvalue weighted by Crippen LogP contribution is -1.98. The van der Waals surface area contributed by atoms with Gasteiger partial charge in [0.15, 0.2) is 0 Å². The fourth-order valence-electron chi connectivity index (χ4n) is 1.94. The van der Waals surface area contributed by atoms with Gasteiger partial charge in [-0.05, 0) is 18.6 Å². The first-order valence-corrected chi connectivity index (χ1v) is 6.86. The monoisotopic (exact) mass is 302 g/mol. The summed E-state index contributed by atoms with van der Waals surface area (Å²) in [7, 11) is 1.84. The normalized spacial score (nSPS) is 10.9. The second-order valence-electron chi connectivity index (χ2n) is 4.04. The summed E-state index contributed by atoms with van der Waals surface area (Å²) in [5.41, 5.74) is 2.59. The van der Waals surface area contributed by atoms with Crippen molar-refractivity contribution in [3.63, 3.8) is 0 Å². The van der Waals surface area contributed by atoms with Crippen molar-refractivity contribution >= 4 is 51.4 Å². The molecule has 0 fully saturated rings. The van der Waals surface area contributed by atoms with Crippen LogP contribution in [0.4, 0.5) is 5.69 Å². The molecule has 0 aliphatic rings. The lowest BCUT2D eigenvalue weighted by Gasteiger charge is -2.12. The lowest BCUT2D eigenvalue weighted by atomic mass is 10.1. The average Bonchev–Trinajstić information content (AvgIpc) is 2.35. The van der Waals surface area contributed by atoms with E-state index in [1.165, 1.54) is 0 Å². The quantitative estimate of drug-likeness (QED) is 0.789. The van der Waals surface area contributed by atoms with E-state index in [9.17, 15) is 0 Å². The summed E-state index contributed by atoms with van der Waals surface area (Å²) in [6.07, 6.45) is 1.93. The van der Waals surface area contributed by atoms with Gasteiger partial charge in [-0.3, -0.25) is 4.98 Å². The van der Waals surface area contributed by atoms with Crippen molar-refractivity contribution in [2.45, 2.75) is 19.8 Å². The molecule has 0 saturated carbocycles. The summed E-state index contributed by atoms with van der Waals surface area (Å²) in [5, 5.41) is 5.34. The van der Waals surface area contributed by atoms with Crippen molar-refractivity contribution in [1.82, 2.24) is 4.98 Å². The Kier molecular flexibility index (Phi) is 4.21. The molecule has 1 aromatic carbocycles. The predicted molar refractivity (Wildman–Crippen MR) is 80.3 cm³/mol. The first kappa shape index (κ1) is 13.7. The van der Waals surface area contributed by atoms with Crippen molar-refractivity contribution in [2.75, 3.05) is 12.4 Å². The van der Waals surface area contributed by atoms with Crippen molar-refractivity contribution in [2.24, 2.45) is 0 Å². The van der Waals surface area contributed by atoms with Gasteiger partial charge in [0, 0.05) is 23.8 Å². The number of fused-ring (bicyclic) bond motifs is 1. The number of hydrogen-bond donors (Lipinski definition) is 1. The maximum Gasteiger partial charge on any atom is 0.0928 e. The predicted octanol–water partition coefficient (Wildman–Crippen LogP) is 5.19. The molecular formula is C13H13Cl3N2. The number of hydrogen-bond acceptors (Lipinski definition) is 2. The zero-order chi connectivity index (χ0) is 13.3. The molecule has 0 aliphatic heterocycles. The van der Waals surface area contributed by atoms with Crippen molar-refractivity contribution in [3.8, 4) is 0 Å². The Balaban J connectivity index is 2.82. The molecule has 5 heteroatoms. The highest BCUT2D eigenvalue weighted by molar-refractivity contribution is 6.48. The summed E-state index contributed by atoms with van der Waals surface area (Å²) >= 11 is 18.5. The number of nitrogens with zero attached hydrogens (tertiary/aromatic N) is 1. The van der Waals surface area contributed by atoms with Crippen LogP contribution in [-0.2, 0) is 6.42 Å². The Morgan fingerprint density at radius 3 is 2.50 bits per heavy atom. The first-order chi connectivity index (χ1) is 8.58. The maximum atomic E-state index is 6.24. The number of aromatic nitrogens is 1. The minimum atomic E-state index is 0.440. The molecule has 0 unspecified atom stereocenters. The third kappa shape index (κ3) is 2.37. The minimum Gasteiger partial charge on any atom is -0.387 e. The Bertz CT molecular complexity index is 597. The molecule has 2 rings (SSSR count). The standard InChI is InChI=1S/C13H13Cl3N2/c1-3-4-7-5-10(17-2)11-12(16)8(14)6-9(15)13(11)18-7/h5-6H,3-4H2,1-2H3,(H,17,18). The highest BCUT2D eigenvalue weighted by Gasteiger charge is 2.14. The van der Waals surface area contributed by atoms with Gasteiger partial charge in [-0.25, -0.2) is 0 Å². The lowest BCUT2D eigenvalue weighted by molar-refractivity contribution is 0.890. The van der Waals surface area contributed by atoms with Crippen LogP contribution in [0.2, 0.25) is 15.1 Å². The number of nitrogens with one attached hydrogen (secondary N) is 1. The summed E-state index contributed by atoms with van der Waals surface area (Å²) in [6, 6.07) is 3.63. The fourth-order valence-corrected chi connectivity index (χ4v) is 2.69. The van der Waals surface area contributed by atoms with Gasteiger partial charge in [-0.2, -0.15) is 0 Å². The summed E-state index contributed by atoms with van der Waals surface area (Å²) < 4.78 is 0. The summed E-state index contributed by atoms with van der Waals surface area (Å²) in [6.45, 7) is 2.11. The number of benzene rings is 1. The molecule has 18 heavy (non-hydrogen) atoms. The van der Waals surface area contributed by atoms with Crippen molar-refractivity contribution in [3.05, 3.63) is 32.9 Å². The molecule has 0 saturated heterocycles. The van der Waals surface area contributed by atoms with Gasteiger partial charge in [0.2, 0.25) is 0 Å². The van der Waals surface area contributed by atoms with E-state index in [2.05, 4.69) is 17.2 Å². The third-order valence-corrected chi connectivity index (χ3v) is 3.83. The van der Waals surface area contributed by atoms with E-state index in [4.69, 9.17) is 34.8 Å². The highest BCUT2D eigenvalue weighted by atomic mass is 35.5. The van der Waals surface area contributed by atoms with Crippen LogP contribution in [0.15, 0.2) is 12.1 Å². The van der Waals surface area contributed by atoms with E-state index in [1.54, 1.807) is 6.07 Å². The fraction of sp³-hybridized carbons (Fsp3) is 0.308. The number of anilines is 1. The maximum absolute atomic E-state index is 6.24. The Hall–Kier alpha value is -0.700. The van der Waals surface area contributed by atoms with E-state index in [0.717, 1.165) is 29.6 Å². The topological polar surface area (TPSA) is 24.9 Å². The van der Waals surface area contributed by atoms with E-state index in [1.807, 2.05) is 13.1 Å². The average molecular weight is 304 g/mol. The van der Waals surface area contributed by atoms with Gasteiger partial charge in [0.25, 0.3) is 0 Å². The Morgan fingerprint density at radius 1 is 1.17 bits per heavy atom. The van der Waals surface area contributed by atoms with Gasteiger partial charge < -0.3 is 5.32 Å². The third-order valence-electron chi connectivity index (χ3n) is 2.76. The van der Waals surface area contributed by atoms with E-state index >= 15 is 0 Å². The van der Waals surface area contributed by atoms with Crippen LogP contribution >= 0.6 is 34.8 Å². The molecular weight excluding hydrogens is 291 g/mol. The minimum absolute atomic E-state index is 0.440. The molecule has 0 atom stereocenters. The largest absolute Gasteiger partial charge is 0.387 e. The van der Waals surface area contributed by atoms with Crippen LogP contribution in [-0.4, -0.2) is 12.0 Å². The van der Waals surface area contributed by atoms with Gasteiger partial charge in [0.1, 0.15) is 0 Å². The second kappa shape index (κ2) is 5.52. The molecule has 0 amide bonds. The van der Waals surface area contributed by atoms with Crippen molar-refractivity contribution in [1.29, 1.82) is 0 Å². The number of rotatable bonds is 3. The molecule has 0 aliphatic carbocycles. The molecule has 0 bridgehead atoms. The molecule has 1 N–H and O–H groups in total. The van der Waals surface area contributed by atoms with Crippen LogP contribution in [0.25, 0.3) is 10.9 Å². The van der Waals surface area contributed by atoms with Crippen LogP contribution in [0.5, 0.6) is 0 Å². The first-order valence-electron chi connectivity index (χ1n) is 5.73. The van der Waals surface area contributed by atoms with Crippen LogP contribution in [0.3, 0.4) is 0 Å². The Labute approximate surface area is 121 Å². The highest BCUT2D eigenvalue weighted by Crippen LogP contribution is 2.39. The molecule has 1 aromatic heterocycles. The van der Waals surface area contributed by atoms with Crippen LogP contribution in [0, 0.1) is 0 Å². The van der Waals surface area contributed by atoms with Crippen LogP contribution in [0.1, 0.15) is 19.0 Å². The van der Waals surface area contributed by atoms with E-state index < -0.39 is 0 Å². The molecule has 2 aromatic rings. The molecule has 2 nitrogen and oxygen atoms in total. The van der Waals surface area contributed by atoms with Gasteiger partial charge in [0.05, 0.1) is 20.6 Å². The van der Waals surface area contributed by atoms with Gasteiger partial charge in [-0.1, -0.05) is 48.1 Å². The van der Waals surface area contributed by atoms with Crippen LogP contribution < -0.4 is 5.32 Å². The summed E-state index contributed by atoms with van der Waals surface area (Å²) in [4.78, 5) is 4.56. The summed E-state index contributed by atoms with van der Waals surface area (Å²) in [5.74, 6) is 0. The zero-order valence-corrected chi connectivity index (χ0v) is 12.4. The zero-order valence-electron chi connectivity index (χ0n) is 10.2. The second-order valence-corrected chi connectivity index (χ2v) is 5.23. The van der Waals surface area contributed by atoms with E-state index in [-0.39, 0.29) is 0 Å².